The molecule has 2 heterocycles. The number of nitrogens with one attached hydrogen (secondary N) is 1. The molecule has 1 atom stereocenters. The highest BCUT2D eigenvalue weighted by molar-refractivity contribution is 5.94. The van der Waals surface area contributed by atoms with Crippen LogP contribution in [-0.4, -0.2) is 12.6 Å². The summed E-state index contributed by atoms with van der Waals surface area (Å²) in [7, 11) is 0. The van der Waals surface area contributed by atoms with Gasteiger partial charge in [-0.1, -0.05) is 32.0 Å². The molecule has 1 N–H and O–H groups in total. The fourth-order valence-electron chi connectivity index (χ4n) is 4.09. The quantitative estimate of drug-likeness (QED) is 0.846. The Kier molecular flexibility index (Phi) is 3.44. The Balaban J connectivity index is 1.58. The minimum absolute atomic E-state index is 0.00699. The molecule has 0 saturated carbocycles. The zero-order valence-corrected chi connectivity index (χ0v) is 14.6. The molecule has 0 saturated heterocycles. The average Bonchev–Trinajstić information content (AvgIpc) is 3.09. The third-order valence-electron chi connectivity index (χ3n) is 5.17. The lowest BCUT2D eigenvalue weighted by atomic mass is 9.75. The van der Waals surface area contributed by atoms with Gasteiger partial charge in [0.1, 0.15) is 11.5 Å². The third kappa shape index (κ3) is 2.60. The molecule has 0 bridgehead atoms. The van der Waals surface area contributed by atoms with Gasteiger partial charge in [-0.3, -0.25) is 4.90 Å². The van der Waals surface area contributed by atoms with Gasteiger partial charge in [0.2, 0.25) is 0 Å². The number of aryl methyl sites for hydroxylation is 1. The van der Waals surface area contributed by atoms with Gasteiger partial charge in [-0.15, -0.1) is 0 Å². The summed E-state index contributed by atoms with van der Waals surface area (Å²) in [4.78, 5) is 14.8. The van der Waals surface area contributed by atoms with Gasteiger partial charge in [0.15, 0.2) is 0 Å². The van der Waals surface area contributed by atoms with Gasteiger partial charge in [-0.2, -0.15) is 0 Å². The Morgan fingerprint density at radius 3 is 2.96 bits per heavy atom. The standard InChI is InChI=1S/C20H24N2O2/c1-13-10-15-16(11-20(2,3)12-18(15)24-13)21-19(23)22-9-8-14-6-4-5-7-17(14)22/h4-7,10,16H,8-9,11-12H2,1-3H3,(H,21,23). The number of fused-ring (bicyclic) bond motifs is 2. The number of para-hydroxylation sites is 1. The number of hydrogen-bond donors (Lipinski definition) is 1. The summed E-state index contributed by atoms with van der Waals surface area (Å²) in [5.41, 5.74) is 3.55. The maximum absolute atomic E-state index is 12.9. The monoisotopic (exact) mass is 324 g/mol. The molecule has 4 rings (SSSR count). The van der Waals surface area contributed by atoms with Gasteiger partial charge in [0.05, 0.1) is 6.04 Å². The van der Waals surface area contributed by atoms with Gasteiger partial charge in [-0.05, 0) is 42.9 Å². The highest BCUT2D eigenvalue weighted by atomic mass is 16.3. The number of carbonyl (C=O) groups excluding carboxylic acids is 1. The van der Waals surface area contributed by atoms with E-state index in [9.17, 15) is 4.79 Å². The number of rotatable bonds is 1. The zero-order valence-electron chi connectivity index (χ0n) is 14.6. The third-order valence-corrected chi connectivity index (χ3v) is 5.17. The molecule has 1 unspecified atom stereocenters. The van der Waals surface area contributed by atoms with Crippen molar-refractivity contribution in [1.29, 1.82) is 0 Å². The zero-order chi connectivity index (χ0) is 16.9. The van der Waals surface area contributed by atoms with Crippen LogP contribution in [0.4, 0.5) is 10.5 Å². The molecule has 1 aliphatic carbocycles. The Morgan fingerprint density at radius 2 is 2.12 bits per heavy atom. The molecule has 2 aromatic rings. The molecule has 4 nitrogen and oxygen atoms in total. The van der Waals surface area contributed by atoms with E-state index in [0.717, 1.165) is 48.6 Å². The molecule has 1 aliphatic heterocycles. The second-order valence-corrected chi connectivity index (χ2v) is 7.81. The lowest BCUT2D eigenvalue weighted by Crippen LogP contribution is -2.43. The molecule has 0 radical (unpaired) electrons. The number of hydrogen-bond acceptors (Lipinski definition) is 2. The maximum Gasteiger partial charge on any atom is 0.322 e. The van der Waals surface area contributed by atoms with Crippen molar-refractivity contribution in [3.63, 3.8) is 0 Å². The first-order chi connectivity index (χ1) is 11.4. The number of urea groups is 1. The normalized spacial score (nSPS) is 21.3. The molecule has 126 valence electrons. The van der Waals surface area contributed by atoms with E-state index in [0.29, 0.717) is 0 Å². The molecule has 0 spiro atoms. The smallest absolute Gasteiger partial charge is 0.322 e. The number of furan rings is 1. The molecule has 1 aromatic carbocycles. The van der Waals surface area contributed by atoms with E-state index < -0.39 is 0 Å². The van der Waals surface area contributed by atoms with Crippen LogP contribution < -0.4 is 10.2 Å². The van der Waals surface area contributed by atoms with Crippen LogP contribution in [0.2, 0.25) is 0 Å². The van der Waals surface area contributed by atoms with Crippen molar-refractivity contribution >= 4 is 11.7 Å². The fraction of sp³-hybridized carbons (Fsp3) is 0.450. The summed E-state index contributed by atoms with van der Waals surface area (Å²) < 4.78 is 5.87. The van der Waals surface area contributed by atoms with Gasteiger partial charge in [0.25, 0.3) is 0 Å². The first-order valence-corrected chi connectivity index (χ1v) is 8.68. The Bertz CT molecular complexity index is 791. The molecule has 0 fully saturated rings. The Hall–Kier alpha value is -2.23. The number of carbonyl (C=O) groups is 1. The summed E-state index contributed by atoms with van der Waals surface area (Å²) in [5, 5.41) is 3.25. The van der Waals surface area contributed by atoms with Gasteiger partial charge in [0, 0.05) is 24.2 Å². The van der Waals surface area contributed by atoms with Crippen molar-refractivity contribution in [2.24, 2.45) is 5.41 Å². The van der Waals surface area contributed by atoms with Gasteiger partial charge >= 0.3 is 6.03 Å². The minimum atomic E-state index is -0.00699. The molecule has 1 aromatic heterocycles. The molecular weight excluding hydrogens is 300 g/mol. The predicted octanol–water partition coefficient (Wildman–Crippen LogP) is 4.37. The van der Waals surface area contributed by atoms with E-state index >= 15 is 0 Å². The van der Waals surface area contributed by atoms with Crippen molar-refractivity contribution in [3.8, 4) is 0 Å². The molecule has 2 aliphatic rings. The topological polar surface area (TPSA) is 45.5 Å². The summed E-state index contributed by atoms with van der Waals surface area (Å²) in [5.74, 6) is 1.94. The largest absolute Gasteiger partial charge is 0.466 e. The minimum Gasteiger partial charge on any atom is -0.466 e. The summed E-state index contributed by atoms with van der Waals surface area (Å²) in [6.45, 7) is 7.19. The molecule has 2 amide bonds. The average molecular weight is 324 g/mol. The number of nitrogens with zero attached hydrogens (tertiary/aromatic N) is 1. The van der Waals surface area contributed by atoms with E-state index in [1.54, 1.807) is 0 Å². The van der Waals surface area contributed by atoms with E-state index in [1.807, 2.05) is 30.0 Å². The van der Waals surface area contributed by atoms with Crippen LogP contribution in [-0.2, 0) is 12.8 Å². The maximum atomic E-state index is 12.9. The van der Waals surface area contributed by atoms with Crippen molar-refractivity contribution in [1.82, 2.24) is 5.32 Å². The molecular formula is C20H24N2O2. The van der Waals surface area contributed by atoms with Crippen LogP contribution in [0.5, 0.6) is 0 Å². The highest BCUT2D eigenvalue weighted by Crippen LogP contribution is 2.42. The van der Waals surface area contributed by atoms with E-state index in [4.69, 9.17) is 4.42 Å². The van der Waals surface area contributed by atoms with Gasteiger partial charge in [-0.25, -0.2) is 4.79 Å². The molecule has 4 heteroatoms. The SMILES string of the molecule is Cc1cc2c(o1)CC(C)(C)CC2NC(=O)N1CCc2ccccc21. The predicted molar refractivity (Wildman–Crippen MR) is 94.3 cm³/mol. The lowest BCUT2D eigenvalue weighted by molar-refractivity contribution is 0.218. The first kappa shape index (κ1) is 15.3. The second kappa shape index (κ2) is 5.40. The van der Waals surface area contributed by atoms with Gasteiger partial charge < -0.3 is 9.73 Å². The number of amides is 2. The Labute approximate surface area is 142 Å². The van der Waals surface area contributed by atoms with Crippen LogP contribution in [0.3, 0.4) is 0 Å². The van der Waals surface area contributed by atoms with Crippen LogP contribution in [0, 0.1) is 12.3 Å². The van der Waals surface area contributed by atoms with Crippen molar-refractivity contribution in [2.75, 3.05) is 11.4 Å². The van der Waals surface area contributed by atoms with E-state index in [1.165, 1.54) is 5.56 Å². The summed E-state index contributed by atoms with van der Waals surface area (Å²) in [6.07, 6.45) is 2.78. The van der Waals surface area contributed by atoms with Crippen LogP contribution in [0.25, 0.3) is 0 Å². The number of anilines is 1. The highest BCUT2D eigenvalue weighted by Gasteiger charge is 2.36. The van der Waals surface area contributed by atoms with Crippen molar-refractivity contribution in [2.45, 2.75) is 46.1 Å². The number of benzene rings is 1. The molecule has 24 heavy (non-hydrogen) atoms. The van der Waals surface area contributed by atoms with E-state index in [2.05, 4.69) is 31.3 Å². The Morgan fingerprint density at radius 1 is 1.33 bits per heavy atom. The van der Waals surface area contributed by atoms with Crippen LogP contribution >= 0.6 is 0 Å². The first-order valence-electron chi connectivity index (χ1n) is 8.68. The summed E-state index contributed by atoms with van der Waals surface area (Å²) in [6, 6.07) is 10.2. The van der Waals surface area contributed by atoms with Crippen LogP contribution in [0.15, 0.2) is 34.7 Å². The van der Waals surface area contributed by atoms with E-state index in [-0.39, 0.29) is 17.5 Å². The van der Waals surface area contributed by atoms with Crippen molar-refractivity contribution < 1.29 is 9.21 Å². The summed E-state index contributed by atoms with van der Waals surface area (Å²) >= 11 is 0. The van der Waals surface area contributed by atoms with Crippen LogP contribution in [0.1, 0.15) is 49.0 Å². The fourth-order valence-corrected chi connectivity index (χ4v) is 4.09. The second-order valence-electron chi connectivity index (χ2n) is 7.81. The van der Waals surface area contributed by atoms with Crippen molar-refractivity contribution in [3.05, 3.63) is 53.0 Å². The lowest BCUT2D eigenvalue weighted by Gasteiger charge is -2.35.